The van der Waals surface area contributed by atoms with Gasteiger partial charge in [-0.15, -0.1) is 0 Å². The van der Waals surface area contributed by atoms with Gasteiger partial charge < -0.3 is 20.4 Å². The maximum atomic E-state index is 12.5. The normalized spacial score (nSPS) is 20.4. The van der Waals surface area contributed by atoms with Crippen molar-refractivity contribution in [1.29, 1.82) is 0 Å². The third-order valence-electron chi connectivity index (χ3n) is 3.27. The fraction of sp³-hybridized carbons (Fsp3) is 0.818. The van der Waals surface area contributed by atoms with Crippen LogP contribution in [0.1, 0.15) is 19.8 Å². The maximum Gasteiger partial charge on any atom is 0.391 e. The highest BCUT2D eigenvalue weighted by atomic mass is 19.4. The molecule has 0 saturated carbocycles. The predicted molar refractivity (Wildman–Crippen MR) is 62.0 cm³/mol. The Kier molecular flexibility index (Phi) is 5.21. The lowest BCUT2D eigenvalue weighted by Gasteiger charge is -2.33. The van der Waals surface area contributed by atoms with Crippen LogP contribution in [0.2, 0.25) is 0 Å². The molecular formula is C11H17F3N2O4. The number of rotatable bonds is 3. The molecule has 1 fully saturated rings. The molecule has 1 aliphatic rings. The van der Waals surface area contributed by atoms with Crippen molar-refractivity contribution in [3.8, 4) is 0 Å². The van der Waals surface area contributed by atoms with Gasteiger partial charge in [-0.05, 0) is 19.8 Å². The first-order valence-corrected chi connectivity index (χ1v) is 6.16. The van der Waals surface area contributed by atoms with E-state index in [1.807, 2.05) is 0 Å². The molecule has 0 spiro atoms. The minimum absolute atomic E-state index is 0.0951. The molecule has 2 atom stereocenters. The number of halogens is 3. The van der Waals surface area contributed by atoms with Crippen LogP contribution in [0.25, 0.3) is 0 Å². The van der Waals surface area contributed by atoms with E-state index in [2.05, 4.69) is 5.32 Å². The van der Waals surface area contributed by atoms with E-state index in [1.165, 1.54) is 6.92 Å². The minimum Gasteiger partial charge on any atom is -0.480 e. The first-order valence-electron chi connectivity index (χ1n) is 6.16. The summed E-state index contributed by atoms with van der Waals surface area (Å²) in [6.07, 6.45) is -5.98. The van der Waals surface area contributed by atoms with Crippen LogP contribution in [0.3, 0.4) is 0 Å². The zero-order valence-electron chi connectivity index (χ0n) is 10.9. The Balaban J connectivity index is 2.53. The molecule has 0 aromatic carbocycles. The summed E-state index contributed by atoms with van der Waals surface area (Å²) < 4.78 is 37.4. The van der Waals surface area contributed by atoms with Gasteiger partial charge in [0.05, 0.1) is 12.0 Å². The maximum absolute atomic E-state index is 12.5. The molecule has 20 heavy (non-hydrogen) atoms. The number of nitrogens with zero attached hydrogens (tertiary/aromatic N) is 1. The molecule has 3 N–H and O–H groups in total. The van der Waals surface area contributed by atoms with E-state index in [0.717, 1.165) is 4.90 Å². The Morgan fingerprint density at radius 1 is 1.30 bits per heavy atom. The Morgan fingerprint density at radius 2 is 1.80 bits per heavy atom. The van der Waals surface area contributed by atoms with Crippen molar-refractivity contribution in [2.45, 2.75) is 38.1 Å². The average Bonchev–Trinajstić information content (AvgIpc) is 2.34. The van der Waals surface area contributed by atoms with E-state index >= 15 is 0 Å². The summed E-state index contributed by atoms with van der Waals surface area (Å²) >= 11 is 0. The van der Waals surface area contributed by atoms with Crippen molar-refractivity contribution in [3.05, 3.63) is 0 Å². The molecule has 0 radical (unpaired) electrons. The zero-order valence-corrected chi connectivity index (χ0v) is 10.9. The van der Waals surface area contributed by atoms with Crippen LogP contribution in [0, 0.1) is 5.92 Å². The Bertz CT molecular complexity index is 365. The second-order valence-electron chi connectivity index (χ2n) is 4.81. The van der Waals surface area contributed by atoms with Crippen molar-refractivity contribution >= 4 is 12.0 Å². The van der Waals surface area contributed by atoms with Gasteiger partial charge in [-0.2, -0.15) is 13.2 Å². The fourth-order valence-corrected chi connectivity index (χ4v) is 2.02. The largest absolute Gasteiger partial charge is 0.480 e. The van der Waals surface area contributed by atoms with Gasteiger partial charge in [0.15, 0.2) is 6.04 Å². The number of aliphatic hydroxyl groups is 1. The molecule has 0 aliphatic carbocycles. The van der Waals surface area contributed by atoms with Crippen molar-refractivity contribution < 1.29 is 33.0 Å². The number of carboxylic acids is 1. The van der Waals surface area contributed by atoms with E-state index < -0.39 is 36.2 Å². The quantitative estimate of drug-likeness (QED) is 0.719. The number of urea groups is 1. The summed E-state index contributed by atoms with van der Waals surface area (Å²) in [4.78, 5) is 23.7. The molecule has 1 saturated heterocycles. The van der Waals surface area contributed by atoms with Crippen LogP contribution in [-0.2, 0) is 4.79 Å². The second kappa shape index (κ2) is 6.29. The lowest BCUT2D eigenvalue weighted by molar-refractivity contribution is -0.183. The number of carbonyl (C=O) groups excluding carboxylic acids is 1. The highest BCUT2D eigenvalue weighted by Crippen LogP contribution is 2.34. The molecule has 116 valence electrons. The van der Waals surface area contributed by atoms with Crippen LogP contribution >= 0.6 is 0 Å². The van der Waals surface area contributed by atoms with Gasteiger partial charge in [0.25, 0.3) is 0 Å². The number of likely N-dealkylation sites (tertiary alicyclic amines) is 1. The van der Waals surface area contributed by atoms with Crippen molar-refractivity contribution in [2.24, 2.45) is 5.92 Å². The third kappa shape index (κ3) is 4.26. The number of amides is 2. The number of alkyl halides is 3. The topological polar surface area (TPSA) is 89.9 Å². The van der Waals surface area contributed by atoms with Gasteiger partial charge in [-0.3, -0.25) is 0 Å². The molecule has 1 aliphatic heterocycles. The number of carboxylic acid groups (broad SMARTS) is 1. The van der Waals surface area contributed by atoms with Crippen molar-refractivity contribution in [3.63, 3.8) is 0 Å². The molecule has 1 heterocycles. The molecule has 0 bridgehead atoms. The number of aliphatic hydroxyl groups excluding tert-OH is 1. The summed E-state index contributed by atoms with van der Waals surface area (Å²) in [5.74, 6) is -2.84. The van der Waals surface area contributed by atoms with Crippen LogP contribution < -0.4 is 5.32 Å². The van der Waals surface area contributed by atoms with Crippen LogP contribution in [0.15, 0.2) is 0 Å². The number of hydrogen-bond acceptors (Lipinski definition) is 3. The fourth-order valence-electron chi connectivity index (χ4n) is 2.02. The third-order valence-corrected chi connectivity index (χ3v) is 3.27. The van der Waals surface area contributed by atoms with E-state index in [0.29, 0.717) is 0 Å². The predicted octanol–water partition coefficient (Wildman–Crippen LogP) is 0.804. The second-order valence-corrected chi connectivity index (χ2v) is 4.81. The van der Waals surface area contributed by atoms with Gasteiger partial charge in [0, 0.05) is 13.1 Å². The van der Waals surface area contributed by atoms with Crippen LogP contribution in [0.5, 0.6) is 0 Å². The summed E-state index contributed by atoms with van der Waals surface area (Å²) in [5, 5.41) is 20.1. The lowest BCUT2D eigenvalue weighted by atomic mass is 9.96. The zero-order chi connectivity index (χ0) is 15.5. The highest BCUT2D eigenvalue weighted by Gasteiger charge is 2.42. The molecule has 0 aromatic rings. The first kappa shape index (κ1) is 16.5. The van der Waals surface area contributed by atoms with E-state index in [1.54, 1.807) is 0 Å². The minimum atomic E-state index is -4.27. The highest BCUT2D eigenvalue weighted by molar-refractivity contribution is 5.83. The number of aliphatic carboxylic acids is 1. The number of piperidine rings is 1. The van der Waals surface area contributed by atoms with Crippen LogP contribution in [0.4, 0.5) is 18.0 Å². The van der Waals surface area contributed by atoms with Crippen LogP contribution in [-0.4, -0.2) is 58.5 Å². The smallest absolute Gasteiger partial charge is 0.391 e. The Hall–Kier alpha value is -1.51. The number of hydrogen-bond donors (Lipinski definition) is 3. The molecule has 9 heteroatoms. The summed E-state index contributed by atoms with van der Waals surface area (Å²) in [7, 11) is 0. The summed E-state index contributed by atoms with van der Waals surface area (Å²) in [6.45, 7) is 1.01. The number of nitrogens with one attached hydrogen (secondary N) is 1. The molecule has 1 rings (SSSR count). The van der Waals surface area contributed by atoms with Crippen molar-refractivity contribution in [2.75, 3.05) is 13.1 Å². The van der Waals surface area contributed by atoms with Gasteiger partial charge in [0.1, 0.15) is 0 Å². The van der Waals surface area contributed by atoms with Crippen molar-refractivity contribution in [1.82, 2.24) is 10.2 Å². The van der Waals surface area contributed by atoms with E-state index in [9.17, 15) is 27.9 Å². The SMILES string of the molecule is C[C@@H](O)[C@H](NC(=O)N1CCC(C(F)(F)F)CC1)C(=O)O. The lowest BCUT2D eigenvalue weighted by Crippen LogP contribution is -2.54. The van der Waals surface area contributed by atoms with Gasteiger partial charge in [-0.1, -0.05) is 0 Å². The first-order chi connectivity index (χ1) is 9.12. The Labute approximate surface area is 113 Å². The Morgan fingerprint density at radius 3 is 2.15 bits per heavy atom. The molecule has 6 nitrogen and oxygen atoms in total. The molecule has 2 amide bonds. The standard InChI is InChI=1S/C11H17F3N2O4/c1-6(17)8(9(18)19)15-10(20)16-4-2-7(3-5-16)11(12,13)14/h6-8,17H,2-5H2,1H3,(H,15,20)(H,18,19)/t6-,8+/m1/s1. The van der Waals surface area contributed by atoms with E-state index in [-0.39, 0.29) is 25.9 Å². The van der Waals surface area contributed by atoms with Gasteiger partial charge in [-0.25, -0.2) is 9.59 Å². The molecular weight excluding hydrogens is 281 g/mol. The van der Waals surface area contributed by atoms with Gasteiger partial charge in [0.2, 0.25) is 0 Å². The average molecular weight is 298 g/mol. The van der Waals surface area contributed by atoms with Gasteiger partial charge >= 0.3 is 18.2 Å². The summed E-state index contributed by atoms with van der Waals surface area (Å²) in [6, 6.07) is -2.26. The number of carbonyl (C=O) groups is 2. The molecule has 0 aromatic heterocycles. The monoisotopic (exact) mass is 298 g/mol. The summed E-state index contributed by atoms with van der Waals surface area (Å²) in [5.41, 5.74) is 0. The molecule has 0 unspecified atom stereocenters. The van der Waals surface area contributed by atoms with E-state index in [4.69, 9.17) is 5.11 Å².